The van der Waals surface area contributed by atoms with Gasteiger partial charge in [0.1, 0.15) is 5.54 Å². The Morgan fingerprint density at radius 2 is 2.05 bits per heavy atom. The molecular weight excluding hydrogens is 256 g/mol. The van der Waals surface area contributed by atoms with Gasteiger partial charge in [0.15, 0.2) is 0 Å². The number of carboxylic acids is 1. The van der Waals surface area contributed by atoms with Crippen LogP contribution in [0.4, 0.5) is 4.79 Å². The van der Waals surface area contributed by atoms with Gasteiger partial charge in [0, 0.05) is 6.54 Å². The zero-order valence-electron chi connectivity index (χ0n) is 12.2. The van der Waals surface area contributed by atoms with Crippen molar-refractivity contribution in [2.75, 3.05) is 0 Å². The number of benzene rings is 1. The van der Waals surface area contributed by atoms with Gasteiger partial charge >= 0.3 is 12.0 Å². The van der Waals surface area contributed by atoms with Crippen LogP contribution < -0.4 is 10.6 Å². The Balaban J connectivity index is 2.56. The Hall–Kier alpha value is -2.04. The lowest BCUT2D eigenvalue weighted by Gasteiger charge is -2.25. The van der Waals surface area contributed by atoms with Gasteiger partial charge in [-0.1, -0.05) is 43.2 Å². The summed E-state index contributed by atoms with van der Waals surface area (Å²) in [5.74, 6) is -1.02. The fourth-order valence-corrected chi connectivity index (χ4v) is 2.02. The minimum Gasteiger partial charge on any atom is -0.480 e. The molecule has 0 fully saturated rings. The molecule has 0 heterocycles. The van der Waals surface area contributed by atoms with Crippen molar-refractivity contribution >= 4 is 12.0 Å². The van der Waals surface area contributed by atoms with E-state index in [1.165, 1.54) is 6.92 Å². The first-order chi connectivity index (χ1) is 9.37. The van der Waals surface area contributed by atoms with Gasteiger partial charge in [0.05, 0.1) is 0 Å². The van der Waals surface area contributed by atoms with Crippen LogP contribution >= 0.6 is 0 Å². The number of carbonyl (C=O) groups excluding carboxylic acids is 1. The van der Waals surface area contributed by atoms with E-state index in [9.17, 15) is 14.7 Å². The summed E-state index contributed by atoms with van der Waals surface area (Å²) < 4.78 is 0. The van der Waals surface area contributed by atoms with Gasteiger partial charge in [-0.2, -0.15) is 0 Å². The molecule has 1 aromatic carbocycles. The van der Waals surface area contributed by atoms with Gasteiger partial charge in [0.2, 0.25) is 0 Å². The van der Waals surface area contributed by atoms with Gasteiger partial charge in [-0.3, -0.25) is 0 Å². The zero-order chi connectivity index (χ0) is 15.2. The summed E-state index contributed by atoms with van der Waals surface area (Å²) in [6.45, 7) is 5.75. The first-order valence-corrected chi connectivity index (χ1v) is 6.72. The molecule has 110 valence electrons. The molecule has 0 aliphatic rings. The van der Waals surface area contributed by atoms with E-state index in [2.05, 4.69) is 10.6 Å². The molecule has 0 radical (unpaired) electrons. The molecule has 0 aromatic heterocycles. The minimum atomic E-state index is -1.23. The second-order valence-corrected chi connectivity index (χ2v) is 5.18. The van der Waals surface area contributed by atoms with Crippen molar-refractivity contribution in [1.82, 2.24) is 10.6 Å². The van der Waals surface area contributed by atoms with Crippen molar-refractivity contribution in [3.05, 3.63) is 35.4 Å². The highest BCUT2D eigenvalue weighted by Gasteiger charge is 2.33. The van der Waals surface area contributed by atoms with E-state index < -0.39 is 17.5 Å². The van der Waals surface area contributed by atoms with Gasteiger partial charge in [-0.25, -0.2) is 9.59 Å². The minimum absolute atomic E-state index is 0.370. The molecule has 1 aromatic rings. The first-order valence-electron chi connectivity index (χ1n) is 6.72. The van der Waals surface area contributed by atoms with Crippen LogP contribution in [0.2, 0.25) is 0 Å². The third kappa shape index (κ3) is 4.57. The standard InChI is InChI=1S/C15H22N2O3/c1-4-8-15(3,13(18)19)17-14(20)16-10-12-7-5-6-11(2)9-12/h5-7,9H,4,8,10H2,1-3H3,(H,18,19)(H2,16,17,20). The highest BCUT2D eigenvalue weighted by atomic mass is 16.4. The molecule has 20 heavy (non-hydrogen) atoms. The normalized spacial score (nSPS) is 13.3. The summed E-state index contributed by atoms with van der Waals surface area (Å²) in [4.78, 5) is 23.0. The summed E-state index contributed by atoms with van der Waals surface area (Å²) in [5.41, 5.74) is 0.865. The fraction of sp³-hybridized carbons (Fsp3) is 0.467. The van der Waals surface area contributed by atoms with E-state index in [1.807, 2.05) is 38.1 Å². The Morgan fingerprint density at radius 3 is 2.60 bits per heavy atom. The molecule has 5 heteroatoms. The van der Waals surface area contributed by atoms with Crippen LogP contribution in [0.1, 0.15) is 37.8 Å². The van der Waals surface area contributed by atoms with Crippen molar-refractivity contribution in [3.63, 3.8) is 0 Å². The molecule has 0 saturated heterocycles. The average molecular weight is 278 g/mol. The van der Waals surface area contributed by atoms with Crippen LogP contribution in [0.5, 0.6) is 0 Å². The Morgan fingerprint density at radius 1 is 1.35 bits per heavy atom. The predicted octanol–water partition coefficient (Wildman–Crippen LogP) is 2.44. The van der Waals surface area contributed by atoms with E-state index in [4.69, 9.17) is 0 Å². The van der Waals surface area contributed by atoms with Crippen LogP contribution in [0.3, 0.4) is 0 Å². The lowest BCUT2D eigenvalue weighted by molar-refractivity contribution is -0.144. The van der Waals surface area contributed by atoms with Crippen LogP contribution in [-0.4, -0.2) is 22.6 Å². The quantitative estimate of drug-likeness (QED) is 0.748. The van der Waals surface area contributed by atoms with Crippen molar-refractivity contribution in [1.29, 1.82) is 0 Å². The molecule has 0 bridgehead atoms. The number of amides is 2. The maximum Gasteiger partial charge on any atom is 0.329 e. The molecule has 0 spiro atoms. The van der Waals surface area contributed by atoms with Crippen molar-refractivity contribution in [2.24, 2.45) is 0 Å². The molecule has 0 aliphatic heterocycles. The van der Waals surface area contributed by atoms with Crippen LogP contribution in [-0.2, 0) is 11.3 Å². The van der Waals surface area contributed by atoms with Crippen molar-refractivity contribution < 1.29 is 14.7 Å². The molecule has 1 atom stereocenters. The predicted molar refractivity (Wildman–Crippen MR) is 77.5 cm³/mol. The van der Waals surface area contributed by atoms with E-state index in [0.717, 1.165) is 11.1 Å². The number of aryl methyl sites for hydroxylation is 1. The molecule has 1 rings (SSSR count). The monoisotopic (exact) mass is 278 g/mol. The lowest BCUT2D eigenvalue weighted by Crippen LogP contribution is -2.55. The zero-order valence-corrected chi connectivity index (χ0v) is 12.2. The highest BCUT2D eigenvalue weighted by Crippen LogP contribution is 2.12. The van der Waals surface area contributed by atoms with E-state index in [0.29, 0.717) is 19.4 Å². The van der Waals surface area contributed by atoms with E-state index >= 15 is 0 Å². The summed E-state index contributed by atoms with van der Waals surface area (Å²) in [5, 5.41) is 14.4. The summed E-state index contributed by atoms with van der Waals surface area (Å²) in [6, 6.07) is 7.32. The molecule has 0 saturated carbocycles. The average Bonchev–Trinajstić information content (AvgIpc) is 2.36. The van der Waals surface area contributed by atoms with Gasteiger partial charge < -0.3 is 15.7 Å². The second-order valence-electron chi connectivity index (χ2n) is 5.18. The number of rotatable bonds is 6. The molecule has 1 unspecified atom stereocenters. The number of carbonyl (C=O) groups is 2. The van der Waals surface area contributed by atoms with Gasteiger partial charge in [-0.15, -0.1) is 0 Å². The number of urea groups is 1. The van der Waals surface area contributed by atoms with Gasteiger partial charge in [0.25, 0.3) is 0 Å². The molecule has 3 N–H and O–H groups in total. The molecule has 5 nitrogen and oxygen atoms in total. The Kier molecular flexibility index (Phi) is 5.55. The topological polar surface area (TPSA) is 78.4 Å². The maximum atomic E-state index is 11.8. The van der Waals surface area contributed by atoms with Crippen LogP contribution in [0, 0.1) is 6.92 Å². The van der Waals surface area contributed by atoms with Crippen LogP contribution in [0.15, 0.2) is 24.3 Å². The van der Waals surface area contributed by atoms with Gasteiger partial charge in [-0.05, 0) is 25.8 Å². The highest BCUT2D eigenvalue weighted by molar-refractivity contribution is 5.85. The Labute approximate surface area is 119 Å². The molecule has 2 amide bonds. The SMILES string of the molecule is CCCC(C)(NC(=O)NCc1cccc(C)c1)C(=O)O. The molecular formula is C15H22N2O3. The van der Waals surface area contributed by atoms with Crippen molar-refractivity contribution in [2.45, 2.75) is 45.7 Å². The largest absolute Gasteiger partial charge is 0.480 e. The first kappa shape index (κ1) is 16.0. The number of carboxylic acid groups (broad SMARTS) is 1. The van der Waals surface area contributed by atoms with E-state index in [1.54, 1.807) is 0 Å². The summed E-state index contributed by atoms with van der Waals surface area (Å²) >= 11 is 0. The third-order valence-corrected chi connectivity index (χ3v) is 3.15. The maximum absolute atomic E-state index is 11.8. The number of aliphatic carboxylic acids is 1. The summed E-state index contributed by atoms with van der Waals surface area (Å²) in [6.07, 6.45) is 1.07. The number of nitrogens with one attached hydrogen (secondary N) is 2. The summed E-state index contributed by atoms with van der Waals surface area (Å²) in [7, 11) is 0. The van der Waals surface area contributed by atoms with Crippen LogP contribution in [0.25, 0.3) is 0 Å². The second kappa shape index (κ2) is 6.93. The smallest absolute Gasteiger partial charge is 0.329 e. The molecule has 0 aliphatic carbocycles. The third-order valence-electron chi connectivity index (χ3n) is 3.15. The number of hydrogen-bond donors (Lipinski definition) is 3. The van der Waals surface area contributed by atoms with Crippen molar-refractivity contribution in [3.8, 4) is 0 Å². The lowest BCUT2D eigenvalue weighted by atomic mass is 9.97. The number of hydrogen-bond acceptors (Lipinski definition) is 2. The Bertz CT molecular complexity index is 488. The van der Waals surface area contributed by atoms with E-state index in [-0.39, 0.29) is 0 Å². The fourth-order valence-electron chi connectivity index (χ4n) is 2.02.